The van der Waals surface area contributed by atoms with E-state index in [1.54, 1.807) is 6.92 Å². The van der Waals surface area contributed by atoms with Crippen molar-refractivity contribution >= 4 is 53.9 Å². The summed E-state index contributed by atoms with van der Waals surface area (Å²) in [7, 11) is 1.84. The van der Waals surface area contributed by atoms with Crippen molar-refractivity contribution in [2.45, 2.75) is 57.1 Å². The Kier molecular flexibility index (Phi) is 9.89. The third-order valence-corrected chi connectivity index (χ3v) is 6.60. The molecule has 110 valence electrons. The van der Waals surface area contributed by atoms with Gasteiger partial charge in [-0.3, -0.25) is 0 Å². The third kappa shape index (κ3) is 7.75. The van der Waals surface area contributed by atoms with E-state index in [0.29, 0.717) is 18.3 Å². The van der Waals surface area contributed by atoms with Crippen LogP contribution < -0.4 is 0 Å². The summed E-state index contributed by atoms with van der Waals surface area (Å²) in [6.07, 6.45) is 3.58. The lowest BCUT2D eigenvalue weighted by Crippen LogP contribution is -2.22. The van der Waals surface area contributed by atoms with Crippen LogP contribution in [-0.2, 0) is 9.05 Å². The van der Waals surface area contributed by atoms with E-state index in [2.05, 4.69) is 36.4 Å². The summed E-state index contributed by atoms with van der Waals surface area (Å²) in [5.41, 5.74) is 0. The molecule has 0 aromatic carbocycles. The van der Waals surface area contributed by atoms with Gasteiger partial charge in [0.1, 0.15) is 0 Å². The van der Waals surface area contributed by atoms with E-state index < -0.39 is 14.3 Å². The molecule has 0 N–H and O–H groups in total. The van der Waals surface area contributed by atoms with Crippen LogP contribution in [0.4, 0.5) is 0 Å². The summed E-state index contributed by atoms with van der Waals surface area (Å²) >= 11 is 8.67. The molecule has 0 aliphatic rings. The van der Waals surface area contributed by atoms with Crippen LogP contribution in [0.2, 0.25) is 0 Å². The molecule has 0 aliphatic carbocycles. The van der Waals surface area contributed by atoms with Gasteiger partial charge in [0.05, 0.1) is 5.25 Å². The maximum Gasteiger partial charge on any atom is 0.235 e. The van der Waals surface area contributed by atoms with Crippen molar-refractivity contribution in [3.05, 3.63) is 0 Å². The van der Waals surface area contributed by atoms with Gasteiger partial charge in [-0.05, 0) is 42.4 Å². The Hall–Kier alpha value is 1.26. The molecular weight excluding hydrogens is 406 g/mol. The van der Waals surface area contributed by atoms with Crippen LogP contribution in [0.25, 0.3) is 0 Å². The highest BCUT2D eigenvalue weighted by atomic mass is 127. The quantitative estimate of drug-likeness (QED) is 0.299. The second-order valence-electron chi connectivity index (χ2n) is 4.98. The van der Waals surface area contributed by atoms with E-state index in [9.17, 15) is 8.42 Å². The van der Waals surface area contributed by atoms with E-state index in [1.165, 1.54) is 0 Å². The molecule has 0 saturated carbocycles. The standard InChI is InChI=1S/C12H23Cl2IO2S/c1-4-9(2)11(5-6-15)8-12(13)7-10(3)18(14,16)17/h9-12H,4-8H2,1-3H3/t9?,10?,11-,12?/m1/s1. The second-order valence-corrected chi connectivity index (χ2v) is 9.72. The van der Waals surface area contributed by atoms with Crippen molar-refractivity contribution in [3.8, 4) is 0 Å². The van der Waals surface area contributed by atoms with Crippen molar-refractivity contribution in [2.75, 3.05) is 4.43 Å². The fourth-order valence-electron chi connectivity index (χ4n) is 2.01. The molecule has 0 aliphatic heterocycles. The lowest BCUT2D eigenvalue weighted by molar-refractivity contribution is 0.314. The van der Waals surface area contributed by atoms with Gasteiger partial charge in [0, 0.05) is 16.1 Å². The first-order chi connectivity index (χ1) is 8.22. The smallest absolute Gasteiger partial charge is 0.212 e. The van der Waals surface area contributed by atoms with Crippen LogP contribution in [0.1, 0.15) is 46.5 Å². The predicted molar refractivity (Wildman–Crippen MR) is 89.6 cm³/mol. The van der Waals surface area contributed by atoms with Gasteiger partial charge in [0.15, 0.2) is 0 Å². The summed E-state index contributed by atoms with van der Waals surface area (Å²) in [4.78, 5) is 0. The number of alkyl halides is 2. The third-order valence-electron chi connectivity index (χ3n) is 3.56. The molecule has 0 spiro atoms. The Bertz CT molecular complexity index is 322. The Balaban J connectivity index is 4.38. The molecule has 0 radical (unpaired) electrons. The molecule has 0 fully saturated rings. The summed E-state index contributed by atoms with van der Waals surface area (Å²) in [5, 5.41) is -0.686. The zero-order valence-corrected chi connectivity index (χ0v) is 15.7. The molecule has 0 rings (SSSR count). The van der Waals surface area contributed by atoms with E-state index in [4.69, 9.17) is 22.3 Å². The summed E-state index contributed by atoms with van der Waals surface area (Å²) < 4.78 is 23.5. The minimum atomic E-state index is -3.49. The summed E-state index contributed by atoms with van der Waals surface area (Å²) in [6, 6.07) is 0. The lowest BCUT2D eigenvalue weighted by atomic mass is 9.85. The number of rotatable bonds is 9. The zero-order chi connectivity index (χ0) is 14.3. The Morgan fingerprint density at radius 3 is 2.17 bits per heavy atom. The van der Waals surface area contributed by atoms with Crippen molar-refractivity contribution in [2.24, 2.45) is 11.8 Å². The largest absolute Gasteiger partial charge is 0.235 e. The molecule has 0 heterocycles. The Labute approximate surface area is 135 Å². The molecule has 0 aromatic rings. The first-order valence-electron chi connectivity index (χ1n) is 6.35. The maximum absolute atomic E-state index is 11.2. The van der Waals surface area contributed by atoms with E-state index in [-0.39, 0.29) is 5.38 Å². The summed E-state index contributed by atoms with van der Waals surface area (Å²) in [6.45, 7) is 6.04. The van der Waals surface area contributed by atoms with Crippen molar-refractivity contribution in [1.82, 2.24) is 0 Å². The summed E-state index contributed by atoms with van der Waals surface area (Å²) in [5.74, 6) is 1.20. The molecule has 2 nitrogen and oxygen atoms in total. The highest BCUT2D eigenvalue weighted by Gasteiger charge is 2.25. The van der Waals surface area contributed by atoms with Crippen LogP contribution >= 0.6 is 44.9 Å². The van der Waals surface area contributed by atoms with Gasteiger partial charge >= 0.3 is 0 Å². The highest BCUT2D eigenvalue weighted by molar-refractivity contribution is 14.1. The molecule has 6 heteroatoms. The normalized spacial score (nSPS) is 19.2. The molecule has 0 saturated heterocycles. The van der Waals surface area contributed by atoms with Crippen LogP contribution in [-0.4, -0.2) is 23.5 Å². The van der Waals surface area contributed by atoms with Crippen molar-refractivity contribution < 1.29 is 8.42 Å². The fraction of sp³-hybridized carbons (Fsp3) is 1.00. The maximum atomic E-state index is 11.2. The van der Waals surface area contributed by atoms with E-state index in [1.807, 2.05) is 0 Å². The number of halogens is 3. The highest BCUT2D eigenvalue weighted by Crippen LogP contribution is 2.29. The fourth-order valence-corrected chi connectivity index (χ4v) is 4.09. The molecule has 0 aromatic heterocycles. The second kappa shape index (κ2) is 9.24. The minimum absolute atomic E-state index is 0.115. The van der Waals surface area contributed by atoms with Gasteiger partial charge in [0.2, 0.25) is 9.05 Å². The van der Waals surface area contributed by atoms with Crippen molar-refractivity contribution in [1.29, 1.82) is 0 Å². The zero-order valence-electron chi connectivity index (χ0n) is 11.2. The van der Waals surface area contributed by atoms with Gasteiger partial charge < -0.3 is 0 Å². The Morgan fingerprint density at radius 2 is 1.78 bits per heavy atom. The molecular formula is C12H23Cl2IO2S. The SMILES string of the molecule is CCC(C)[C@H](CCI)CC(Cl)CC(C)S(=O)(=O)Cl. The van der Waals surface area contributed by atoms with Crippen molar-refractivity contribution in [3.63, 3.8) is 0 Å². The predicted octanol–water partition coefficient (Wildman–Crippen LogP) is 4.82. The topological polar surface area (TPSA) is 34.1 Å². The lowest BCUT2D eigenvalue weighted by Gasteiger charge is -2.25. The monoisotopic (exact) mass is 428 g/mol. The van der Waals surface area contributed by atoms with Crippen LogP contribution in [0.15, 0.2) is 0 Å². The number of hydrogen-bond acceptors (Lipinski definition) is 2. The van der Waals surface area contributed by atoms with Gasteiger partial charge in [0.25, 0.3) is 0 Å². The van der Waals surface area contributed by atoms with Gasteiger partial charge in [-0.1, -0.05) is 42.9 Å². The minimum Gasteiger partial charge on any atom is -0.212 e. The van der Waals surface area contributed by atoms with Gasteiger partial charge in [-0.15, -0.1) is 11.6 Å². The average molecular weight is 429 g/mol. The molecule has 0 bridgehead atoms. The van der Waals surface area contributed by atoms with Crippen LogP contribution in [0.3, 0.4) is 0 Å². The van der Waals surface area contributed by atoms with Gasteiger partial charge in [-0.25, -0.2) is 8.42 Å². The molecule has 4 atom stereocenters. The average Bonchev–Trinajstić information content (AvgIpc) is 2.26. The van der Waals surface area contributed by atoms with Crippen LogP contribution in [0, 0.1) is 11.8 Å². The van der Waals surface area contributed by atoms with E-state index >= 15 is 0 Å². The van der Waals surface area contributed by atoms with Crippen LogP contribution in [0.5, 0.6) is 0 Å². The van der Waals surface area contributed by atoms with E-state index in [0.717, 1.165) is 23.7 Å². The molecule has 18 heavy (non-hydrogen) atoms. The van der Waals surface area contributed by atoms with Gasteiger partial charge in [-0.2, -0.15) is 0 Å². The number of hydrogen-bond donors (Lipinski definition) is 0. The Morgan fingerprint density at radius 1 is 1.22 bits per heavy atom. The first kappa shape index (κ1) is 19.3. The first-order valence-corrected chi connectivity index (χ1v) is 10.7. The molecule has 0 amide bonds. The molecule has 3 unspecified atom stereocenters.